The molecule has 0 aliphatic heterocycles. The second kappa shape index (κ2) is 12.9. The minimum absolute atomic E-state index is 0.0103. The van der Waals surface area contributed by atoms with Crippen molar-refractivity contribution in [2.24, 2.45) is 35.0 Å². The first-order valence-corrected chi connectivity index (χ1v) is 23.3. The molecule has 0 radical (unpaired) electrons. The molecule has 2 unspecified atom stereocenters. The van der Waals surface area contributed by atoms with Crippen LogP contribution in [0.25, 0.3) is 0 Å². The van der Waals surface area contributed by atoms with E-state index in [9.17, 15) is 9.90 Å². The van der Waals surface area contributed by atoms with E-state index in [0.717, 1.165) is 32.1 Å². The van der Waals surface area contributed by atoms with Gasteiger partial charge in [0.15, 0.2) is 8.32 Å². The molecular formula is C41H60O5Si2. The van der Waals surface area contributed by atoms with Crippen molar-refractivity contribution in [3.05, 3.63) is 72.3 Å². The second-order valence-electron chi connectivity index (χ2n) is 17.9. The lowest BCUT2D eigenvalue weighted by atomic mass is 9.54. The number of aliphatic hydroxyl groups excluding tert-OH is 1. The topological polar surface area (TPSA) is 65.0 Å². The molecule has 6 rings (SSSR count). The molecule has 2 aromatic rings. The molecule has 4 aliphatic rings. The number of hydrogen-bond acceptors (Lipinski definition) is 5. The van der Waals surface area contributed by atoms with E-state index < -0.39 is 22.7 Å². The summed E-state index contributed by atoms with van der Waals surface area (Å²) < 4.78 is 20.7. The maximum absolute atomic E-state index is 13.6. The van der Waals surface area contributed by atoms with Gasteiger partial charge in [0.2, 0.25) is 0 Å². The van der Waals surface area contributed by atoms with Crippen molar-refractivity contribution in [2.45, 2.75) is 115 Å². The lowest BCUT2D eigenvalue weighted by molar-refractivity contribution is -0.168. The Morgan fingerprint density at radius 1 is 0.896 bits per heavy atom. The van der Waals surface area contributed by atoms with E-state index in [4.69, 9.17) is 13.6 Å². The van der Waals surface area contributed by atoms with E-state index in [1.165, 1.54) is 23.1 Å². The van der Waals surface area contributed by atoms with E-state index in [1.54, 1.807) is 0 Å². The van der Waals surface area contributed by atoms with Gasteiger partial charge in [-0.2, -0.15) is 0 Å². The summed E-state index contributed by atoms with van der Waals surface area (Å²) in [5.41, 5.74) is 1.15. The second-order valence-corrected chi connectivity index (χ2v) is 27.0. The minimum Gasteiger partial charge on any atom is -0.469 e. The summed E-state index contributed by atoms with van der Waals surface area (Å²) in [5, 5.41) is 14.6. The summed E-state index contributed by atoms with van der Waals surface area (Å²) in [4.78, 5) is 13.6. The summed E-state index contributed by atoms with van der Waals surface area (Å²) >= 11 is 0. The third kappa shape index (κ3) is 5.73. The Morgan fingerprint density at radius 2 is 1.50 bits per heavy atom. The number of aliphatic hydroxyl groups is 1. The molecule has 0 bridgehead atoms. The zero-order valence-electron chi connectivity index (χ0n) is 30.9. The monoisotopic (exact) mass is 688 g/mol. The van der Waals surface area contributed by atoms with E-state index in [0.29, 0.717) is 24.9 Å². The fourth-order valence-electron chi connectivity index (χ4n) is 10.5. The average Bonchev–Trinajstić information content (AvgIpc) is 3.55. The Kier molecular flexibility index (Phi) is 9.64. The summed E-state index contributed by atoms with van der Waals surface area (Å²) in [6, 6.07) is 21.9. The molecule has 7 heteroatoms. The van der Waals surface area contributed by atoms with Crippen LogP contribution < -0.4 is 10.4 Å². The number of esters is 1. The molecule has 3 saturated carbocycles. The van der Waals surface area contributed by atoms with Gasteiger partial charge in [0.1, 0.15) is 0 Å². The number of carbonyl (C=O) groups is 1. The van der Waals surface area contributed by atoms with Gasteiger partial charge >= 0.3 is 5.97 Å². The third-order valence-electron chi connectivity index (χ3n) is 13.5. The lowest BCUT2D eigenvalue weighted by Gasteiger charge is -2.56. The van der Waals surface area contributed by atoms with Crippen LogP contribution in [0.2, 0.25) is 23.2 Å². The van der Waals surface area contributed by atoms with Gasteiger partial charge in [0.25, 0.3) is 8.32 Å². The van der Waals surface area contributed by atoms with Gasteiger partial charge in [0, 0.05) is 17.9 Å². The highest BCUT2D eigenvalue weighted by atomic mass is 28.4. The summed E-state index contributed by atoms with van der Waals surface area (Å²) in [6.45, 7) is 19.4. The largest absolute Gasteiger partial charge is 0.469 e. The highest BCUT2D eigenvalue weighted by molar-refractivity contribution is 6.99. The molecule has 0 aromatic heterocycles. The lowest BCUT2D eigenvalue weighted by Crippen LogP contribution is -2.67. The molecule has 8 atom stereocenters. The Balaban J connectivity index is 1.46. The first-order chi connectivity index (χ1) is 22.6. The molecule has 1 spiro atoms. The number of methoxy groups -OCH3 is 1. The molecule has 5 nitrogen and oxygen atoms in total. The van der Waals surface area contributed by atoms with Gasteiger partial charge in [-0.25, -0.2) is 0 Å². The molecule has 1 N–H and O–H groups in total. The minimum atomic E-state index is -2.75. The fraction of sp³-hybridized carbons (Fsp3) is 0.634. The zero-order chi connectivity index (χ0) is 34.7. The number of benzene rings is 2. The number of allylic oxidation sites excluding steroid dienone is 2. The van der Waals surface area contributed by atoms with Crippen molar-refractivity contribution in [2.75, 3.05) is 13.7 Å². The summed E-state index contributed by atoms with van der Waals surface area (Å²) in [6.07, 6.45) is 7.00. The average molecular weight is 689 g/mol. The van der Waals surface area contributed by atoms with Gasteiger partial charge in [-0.05, 0) is 89.8 Å². The zero-order valence-corrected chi connectivity index (χ0v) is 32.9. The molecule has 0 amide bonds. The molecule has 48 heavy (non-hydrogen) atoms. The van der Waals surface area contributed by atoms with Crippen molar-refractivity contribution in [1.29, 1.82) is 0 Å². The first kappa shape index (κ1) is 35.8. The smallest absolute Gasteiger partial charge is 0.309 e. The van der Waals surface area contributed by atoms with Crippen LogP contribution in [0.3, 0.4) is 0 Å². The van der Waals surface area contributed by atoms with E-state index in [-0.39, 0.29) is 45.3 Å². The van der Waals surface area contributed by atoms with Crippen molar-refractivity contribution in [1.82, 2.24) is 0 Å². The van der Waals surface area contributed by atoms with Crippen LogP contribution in [0.15, 0.2) is 72.3 Å². The first-order valence-electron chi connectivity index (χ1n) is 18.5. The Bertz CT molecular complexity index is 1440. The van der Waals surface area contributed by atoms with Crippen molar-refractivity contribution < 1.29 is 23.5 Å². The Morgan fingerprint density at radius 3 is 2.04 bits per heavy atom. The standard InChI is InChI=1S/C41H60O5Si2/c1-39(2,3)47(8,9)46-35-25-24-34(42)37-33(38(43)44-7)23-21-28-20-22-32-29(26-41(35,37)36(28)32)27-45-48(40(4,5)6,30-16-12-10-13-17-30)31-18-14-11-15-19-31/h10-20,29,32-37,42H,21-27H2,1-9H3/t29-,32+,33+,34?,35?,36+,37-,41+/m0/s1. The Labute approximate surface area is 292 Å². The normalized spacial score (nSPS) is 32.2. The van der Waals surface area contributed by atoms with Crippen molar-refractivity contribution in [3.8, 4) is 0 Å². The fourth-order valence-corrected chi connectivity index (χ4v) is 16.5. The van der Waals surface area contributed by atoms with E-state index in [1.807, 2.05) is 0 Å². The van der Waals surface area contributed by atoms with Gasteiger partial charge < -0.3 is 18.7 Å². The van der Waals surface area contributed by atoms with Crippen molar-refractivity contribution in [3.63, 3.8) is 0 Å². The van der Waals surface area contributed by atoms with Crippen LogP contribution in [-0.2, 0) is 18.4 Å². The highest BCUT2D eigenvalue weighted by Crippen LogP contribution is 2.69. The molecule has 3 fully saturated rings. The molecule has 262 valence electrons. The SMILES string of the molecule is COC(=O)[C@@H]1CCC2=CC[C@@H]3[C@H](CO[Si](c4ccccc4)(c4ccccc4)C(C)(C)C)C[C@@]4(C(O[Si](C)(C)C(C)(C)C)CCC(O)[C@H]14)[C@H]23. The maximum atomic E-state index is 13.6. The molecule has 2 aromatic carbocycles. The Hall–Kier alpha value is -2.04. The maximum Gasteiger partial charge on any atom is 0.309 e. The van der Waals surface area contributed by atoms with Crippen LogP contribution in [0.4, 0.5) is 0 Å². The number of carbonyl (C=O) groups excluding carboxylic acids is 1. The van der Waals surface area contributed by atoms with E-state index in [2.05, 4.69) is 121 Å². The van der Waals surface area contributed by atoms with E-state index >= 15 is 0 Å². The number of rotatable bonds is 8. The summed E-state index contributed by atoms with van der Waals surface area (Å²) in [5.74, 6) is 0.292. The number of hydrogen-bond donors (Lipinski definition) is 1. The molecule has 4 aliphatic carbocycles. The predicted molar refractivity (Wildman–Crippen MR) is 199 cm³/mol. The highest BCUT2D eigenvalue weighted by Gasteiger charge is 2.69. The number of ether oxygens (including phenoxy) is 1. The summed E-state index contributed by atoms with van der Waals surface area (Å²) in [7, 11) is -3.41. The van der Waals surface area contributed by atoms with Crippen molar-refractivity contribution >= 4 is 33.0 Å². The van der Waals surface area contributed by atoms with Gasteiger partial charge in [-0.3, -0.25) is 4.79 Å². The van der Waals surface area contributed by atoms with Crippen LogP contribution in [0.1, 0.15) is 80.1 Å². The molecule has 0 saturated heterocycles. The third-order valence-corrected chi connectivity index (χ3v) is 23.0. The van der Waals surface area contributed by atoms with Gasteiger partial charge in [-0.1, -0.05) is 114 Å². The van der Waals surface area contributed by atoms with Gasteiger partial charge in [0.05, 0.1) is 25.2 Å². The van der Waals surface area contributed by atoms with Gasteiger partial charge in [-0.15, -0.1) is 0 Å². The molecular weight excluding hydrogens is 629 g/mol. The molecule has 0 heterocycles. The predicted octanol–water partition coefficient (Wildman–Crippen LogP) is 7.88. The van der Waals surface area contributed by atoms with Crippen LogP contribution >= 0.6 is 0 Å². The van der Waals surface area contributed by atoms with Crippen LogP contribution in [-0.4, -0.2) is 53.6 Å². The van der Waals surface area contributed by atoms with Crippen LogP contribution in [0, 0.1) is 35.0 Å². The quantitative estimate of drug-likeness (QED) is 0.174. The van der Waals surface area contributed by atoms with Crippen LogP contribution in [0.5, 0.6) is 0 Å².